The Morgan fingerprint density at radius 1 is 1.00 bits per heavy atom. The van der Waals surface area contributed by atoms with Crippen LogP contribution in [0.25, 0.3) is 0 Å². The van der Waals surface area contributed by atoms with E-state index in [0.717, 1.165) is 17.4 Å². The van der Waals surface area contributed by atoms with E-state index in [9.17, 15) is 9.59 Å². The Bertz CT molecular complexity index is 777. The molecule has 0 saturated carbocycles. The molecule has 166 valence electrons. The minimum absolute atomic E-state index is 0. The van der Waals surface area contributed by atoms with Crippen molar-refractivity contribution in [3.05, 3.63) is 121 Å². The number of benzene rings is 1. The summed E-state index contributed by atoms with van der Waals surface area (Å²) in [5, 5.41) is 0. The molecular formula is C24H36K2N2O3-4. The first-order chi connectivity index (χ1) is 12.4. The van der Waals surface area contributed by atoms with E-state index in [1.54, 1.807) is 0 Å². The number of aromatic nitrogens is 2. The van der Waals surface area contributed by atoms with Gasteiger partial charge in [0.1, 0.15) is 6.29 Å². The van der Waals surface area contributed by atoms with Gasteiger partial charge in [0.15, 0.2) is 0 Å². The van der Waals surface area contributed by atoms with E-state index < -0.39 is 11.2 Å². The zero-order chi connectivity index (χ0) is 20.4. The topological polar surface area (TPSA) is 82.8 Å². The molecule has 31 heavy (non-hydrogen) atoms. The van der Waals surface area contributed by atoms with Gasteiger partial charge in [-0.2, -0.15) is 24.6 Å². The normalized spacial score (nSPS) is 7.26. The van der Waals surface area contributed by atoms with Crippen LogP contribution in [0.3, 0.4) is 0 Å². The summed E-state index contributed by atoms with van der Waals surface area (Å²) >= 11 is 0. The minimum Gasteiger partial charge on any atom is -0.510 e. The molecular weight excluding hydrogens is 442 g/mol. The molecule has 1 heterocycles. The second-order valence-corrected chi connectivity index (χ2v) is 4.64. The quantitative estimate of drug-likeness (QED) is 0.251. The van der Waals surface area contributed by atoms with Gasteiger partial charge < -0.3 is 50.3 Å². The molecule has 0 aliphatic rings. The molecule has 2 aromatic rings. The van der Waals surface area contributed by atoms with Crippen LogP contribution in [0.5, 0.6) is 0 Å². The number of aldehydes is 1. The van der Waals surface area contributed by atoms with Gasteiger partial charge >= 0.3 is 108 Å². The van der Waals surface area contributed by atoms with Crippen molar-refractivity contribution in [2.45, 2.75) is 34.6 Å². The molecule has 0 amide bonds. The predicted molar refractivity (Wildman–Crippen MR) is 126 cm³/mol. The van der Waals surface area contributed by atoms with Gasteiger partial charge in [-0.15, -0.1) is 17.7 Å². The van der Waals surface area contributed by atoms with Crippen molar-refractivity contribution in [2.24, 2.45) is 0 Å². The second kappa shape index (κ2) is 34.8. The molecule has 0 unspecified atom stereocenters. The van der Waals surface area contributed by atoms with Gasteiger partial charge in [-0.05, 0) is 13.1 Å². The van der Waals surface area contributed by atoms with Gasteiger partial charge in [-0.1, -0.05) is 33.8 Å². The molecule has 0 radical (unpaired) electrons. The summed E-state index contributed by atoms with van der Waals surface area (Å²) in [6.07, 6.45) is 9.14. The number of carbonyl (C=O) groups is 1. The van der Waals surface area contributed by atoms with Crippen molar-refractivity contribution in [3.8, 4) is 0 Å². The Balaban J connectivity index is -0.0000000586. The van der Waals surface area contributed by atoms with E-state index in [2.05, 4.69) is 29.0 Å². The van der Waals surface area contributed by atoms with Crippen LogP contribution in [-0.2, 0) is 4.79 Å². The zero-order valence-corrected chi connectivity index (χ0v) is 27.3. The molecule has 0 fully saturated rings. The molecule has 7 heteroatoms. The van der Waals surface area contributed by atoms with E-state index in [1.165, 1.54) is 19.2 Å². The SMILES string of the molecule is CC.CC(C)=[C-]C=[C-]c1c[nH]c(=O)[nH]c1=O.CC=O.[CH2-]c1ccccc1.[CH3-].[CH3-].[CH3-].[K+].[K+]. The molecule has 2 rings (SSSR count). The fourth-order valence-corrected chi connectivity index (χ4v) is 1.25. The first-order valence-corrected chi connectivity index (χ1v) is 8.14. The molecule has 0 saturated heterocycles. The van der Waals surface area contributed by atoms with E-state index >= 15 is 0 Å². The minimum atomic E-state index is -0.522. The molecule has 1 aromatic carbocycles. The molecule has 0 aliphatic heterocycles. The maximum absolute atomic E-state index is 11.1. The third kappa shape index (κ3) is 32.5. The summed E-state index contributed by atoms with van der Waals surface area (Å²) in [5.74, 6) is 0. The molecule has 0 spiro atoms. The third-order valence-corrected chi connectivity index (χ3v) is 2.25. The van der Waals surface area contributed by atoms with Crippen LogP contribution in [-0.4, -0.2) is 16.3 Å². The molecule has 0 aliphatic carbocycles. The van der Waals surface area contributed by atoms with Crippen molar-refractivity contribution < 1.29 is 108 Å². The number of hydrogen-bond acceptors (Lipinski definition) is 3. The van der Waals surface area contributed by atoms with Crippen molar-refractivity contribution in [1.29, 1.82) is 0 Å². The number of allylic oxidation sites excluding steroid dienone is 3. The molecule has 2 N–H and O–H groups in total. The largest absolute Gasteiger partial charge is 1.00 e. The predicted octanol–water partition coefficient (Wildman–Crippen LogP) is -1.00. The van der Waals surface area contributed by atoms with Crippen LogP contribution >= 0.6 is 0 Å². The maximum atomic E-state index is 11.1. The number of rotatable bonds is 2. The van der Waals surface area contributed by atoms with Gasteiger partial charge in [0, 0.05) is 0 Å². The van der Waals surface area contributed by atoms with Gasteiger partial charge in [0.25, 0.3) is 0 Å². The van der Waals surface area contributed by atoms with Crippen LogP contribution in [0.15, 0.2) is 57.8 Å². The summed E-state index contributed by atoms with van der Waals surface area (Å²) in [6, 6.07) is 9.87. The van der Waals surface area contributed by atoms with E-state index in [1.807, 2.05) is 58.0 Å². The molecule has 0 bridgehead atoms. The Morgan fingerprint density at radius 2 is 1.45 bits per heavy atom. The number of H-pyrrole nitrogens is 2. The number of hydrogen-bond donors (Lipinski definition) is 2. The fourth-order valence-electron chi connectivity index (χ4n) is 1.25. The van der Waals surface area contributed by atoms with E-state index in [-0.39, 0.29) is 131 Å². The number of aromatic amines is 2. The van der Waals surface area contributed by atoms with Crippen LogP contribution in [0.4, 0.5) is 0 Å². The first-order valence-electron chi connectivity index (χ1n) is 8.14. The van der Waals surface area contributed by atoms with Crippen molar-refractivity contribution in [3.63, 3.8) is 0 Å². The van der Waals surface area contributed by atoms with Crippen LogP contribution < -0.4 is 114 Å². The average molecular weight is 479 g/mol. The van der Waals surface area contributed by atoms with Crippen LogP contribution in [0.1, 0.15) is 45.7 Å². The van der Waals surface area contributed by atoms with Gasteiger partial charge in [-0.3, -0.25) is 15.4 Å². The smallest absolute Gasteiger partial charge is 0.510 e. The van der Waals surface area contributed by atoms with Gasteiger partial charge in [-0.25, -0.2) is 4.79 Å². The Morgan fingerprint density at radius 3 is 1.77 bits per heavy atom. The third-order valence-electron chi connectivity index (χ3n) is 2.25. The maximum Gasteiger partial charge on any atom is 1.00 e. The Hall–Kier alpha value is 0.193. The number of nitrogens with one attached hydrogen (secondary N) is 2. The van der Waals surface area contributed by atoms with Gasteiger partial charge in [0.05, 0.1) is 0 Å². The second-order valence-electron chi connectivity index (χ2n) is 4.64. The zero-order valence-electron chi connectivity index (χ0n) is 21.1. The van der Waals surface area contributed by atoms with Crippen LogP contribution in [0.2, 0.25) is 0 Å². The summed E-state index contributed by atoms with van der Waals surface area (Å²) in [7, 11) is 0. The summed E-state index contributed by atoms with van der Waals surface area (Å²) in [4.78, 5) is 35.0. The van der Waals surface area contributed by atoms with Crippen molar-refractivity contribution >= 4 is 6.29 Å². The first kappa shape index (κ1) is 48.6. The standard InChI is InChI=1S/C10H10N2O2.C7H7.C2H4O.C2H6.3CH3.2K/c1-7(2)4-3-5-8-6-11-10(14)12-9(8)13;1-7-5-3-2-4-6-7;1-2-3;1-2;;;;;/h3,6H,1-2H3,(H2,11,12,13,14);2-6H,1H2;2H,1H3;1-2H3;3*1H3;;/q-2;-1;;;3*-1;2*+1. The molecule has 1 aromatic heterocycles. The van der Waals surface area contributed by atoms with Crippen molar-refractivity contribution in [2.75, 3.05) is 0 Å². The van der Waals surface area contributed by atoms with Crippen molar-refractivity contribution in [1.82, 2.24) is 9.97 Å². The number of carbonyl (C=O) groups excluding carboxylic acids is 1. The van der Waals surface area contributed by atoms with Crippen LogP contribution in [0, 0.1) is 41.4 Å². The van der Waals surface area contributed by atoms with Gasteiger partial charge in [0.2, 0.25) is 5.56 Å². The average Bonchev–Trinajstić information content (AvgIpc) is 2.60. The summed E-state index contributed by atoms with van der Waals surface area (Å²) < 4.78 is 0. The summed E-state index contributed by atoms with van der Waals surface area (Å²) in [5.41, 5.74) is 1.35. The molecule has 0 atom stereocenters. The van der Waals surface area contributed by atoms with E-state index in [4.69, 9.17) is 4.79 Å². The monoisotopic (exact) mass is 478 g/mol. The Labute approximate surface area is 275 Å². The Kier molecular flexibility index (Phi) is 54.5. The fraction of sp³-hybridized carbons (Fsp3) is 0.208. The van der Waals surface area contributed by atoms with E-state index in [0.29, 0.717) is 0 Å². The summed E-state index contributed by atoms with van der Waals surface area (Å²) in [6.45, 7) is 12.9. The molecule has 5 nitrogen and oxygen atoms in total.